The molecule has 0 heterocycles. The van der Waals surface area contributed by atoms with Crippen molar-refractivity contribution in [3.05, 3.63) is 35.4 Å². The number of likely N-dealkylation sites (N-methyl/N-ethyl adjacent to an activating group) is 1. The third-order valence-corrected chi connectivity index (χ3v) is 2.87. The van der Waals surface area contributed by atoms with Crippen LogP contribution in [0.1, 0.15) is 25.0 Å². The van der Waals surface area contributed by atoms with Gasteiger partial charge >= 0.3 is 0 Å². The van der Waals surface area contributed by atoms with E-state index in [4.69, 9.17) is 9.47 Å². The zero-order valence-corrected chi connectivity index (χ0v) is 12.0. The van der Waals surface area contributed by atoms with Crippen LogP contribution in [-0.4, -0.2) is 38.0 Å². The minimum Gasteiger partial charge on any atom is -0.352 e. The smallest absolute Gasteiger partial charge is 0.170 e. The van der Waals surface area contributed by atoms with Crippen molar-refractivity contribution in [1.29, 1.82) is 0 Å². The van der Waals surface area contributed by atoms with Gasteiger partial charge in [-0.3, -0.25) is 4.90 Å². The summed E-state index contributed by atoms with van der Waals surface area (Å²) in [4.78, 5) is 2.23. The van der Waals surface area contributed by atoms with Crippen LogP contribution in [0, 0.1) is 6.92 Å². The van der Waals surface area contributed by atoms with E-state index in [1.807, 2.05) is 13.8 Å². The molecule has 0 radical (unpaired) electrons. The number of nitrogens with zero attached hydrogens (tertiary/aromatic N) is 1. The molecule has 1 aromatic carbocycles. The molecule has 1 rings (SSSR count). The minimum atomic E-state index is -0.131. The van der Waals surface area contributed by atoms with Crippen molar-refractivity contribution < 1.29 is 9.47 Å². The summed E-state index contributed by atoms with van der Waals surface area (Å²) >= 11 is 0. The lowest BCUT2D eigenvalue weighted by Crippen LogP contribution is -2.33. The molecule has 0 saturated carbocycles. The molecule has 0 unspecified atom stereocenters. The van der Waals surface area contributed by atoms with Crippen LogP contribution in [0.2, 0.25) is 0 Å². The molecular weight excluding hydrogens is 226 g/mol. The van der Waals surface area contributed by atoms with Gasteiger partial charge in [-0.25, -0.2) is 0 Å². The third kappa shape index (κ3) is 5.17. The van der Waals surface area contributed by atoms with Crippen LogP contribution >= 0.6 is 0 Å². The van der Waals surface area contributed by atoms with Crippen LogP contribution in [0.5, 0.6) is 0 Å². The van der Waals surface area contributed by atoms with Crippen molar-refractivity contribution in [2.75, 3.05) is 26.8 Å². The Bertz CT molecular complexity index is 335. The maximum absolute atomic E-state index is 5.56. The lowest BCUT2D eigenvalue weighted by molar-refractivity contribution is -0.145. The number of benzene rings is 1. The molecule has 1 aromatic rings. The van der Waals surface area contributed by atoms with Crippen LogP contribution in [-0.2, 0) is 16.0 Å². The van der Waals surface area contributed by atoms with E-state index in [1.54, 1.807) is 0 Å². The molecule has 0 N–H and O–H groups in total. The lowest BCUT2D eigenvalue weighted by atomic mass is 10.1. The molecule has 0 saturated heterocycles. The maximum Gasteiger partial charge on any atom is 0.170 e. The predicted octanol–water partition coefficient (Wildman–Crippen LogP) is 2.83. The fourth-order valence-electron chi connectivity index (χ4n) is 1.92. The van der Waals surface area contributed by atoms with Gasteiger partial charge in [-0.15, -0.1) is 0 Å². The molecule has 3 nitrogen and oxygen atoms in total. The molecule has 0 amide bonds. The summed E-state index contributed by atoms with van der Waals surface area (Å²) in [5.74, 6) is 0. The van der Waals surface area contributed by atoms with E-state index in [0.717, 1.165) is 13.1 Å². The molecule has 0 aliphatic carbocycles. The number of ether oxygens (including phenoxy) is 2. The maximum atomic E-state index is 5.56. The Morgan fingerprint density at radius 3 is 2.28 bits per heavy atom. The SMILES string of the molecule is CCOC(CN(C)Cc1ccccc1C)OCC. The first-order chi connectivity index (χ1) is 8.67. The zero-order valence-electron chi connectivity index (χ0n) is 12.0. The van der Waals surface area contributed by atoms with Crippen molar-refractivity contribution in [3.63, 3.8) is 0 Å². The summed E-state index contributed by atoms with van der Waals surface area (Å²) in [6.45, 7) is 9.21. The van der Waals surface area contributed by atoms with Crippen molar-refractivity contribution >= 4 is 0 Å². The third-order valence-electron chi connectivity index (χ3n) is 2.87. The summed E-state index contributed by atoms with van der Waals surface area (Å²) in [6, 6.07) is 8.47. The molecule has 0 fully saturated rings. The highest BCUT2D eigenvalue weighted by atomic mass is 16.7. The highest BCUT2D eigenvalue weighted by Gasteiger charge is 2.12. The summed E-state index contributed by atoms with van der Waals surface area (Å²) in [6.07, 6.45) is -0.131. The monoisotopic (exact) mass is 251 g/mol. The van der Waals surface area contributed by atoms with E-state index in [2.05, 4.69) is 43.1 Å². The average Bonchev–Trinajstić information content (AvgIpc) is 2.33. The predicted molar refractivity (Wildman–Crippen MR) is 74.6 cm³/mol. The summed E-state index contributed by atoms with van der Waals surface area (Å²) in [7, 11) is 2.09. The molecule has 0 spiro atoms. The number of hydrogen-bond donors (Lipinski definition) is 0. The van der Waals surface area contributed by atoms with E-state index in [1.165, 1.54) is 11.1 Å². The highest BCUT2D eigenvalue weighted by Crippen LogP contribution is 2.10. The van der Waals surface area contributed by atoms with Gasteiger partial charge in [0.1, 0.15) is 0 Å². The summed E-state index contributed by atoms with van der Waals surface area (Å²) in [5, 5.41) is 0. The first-order valence-corrected chi connectivity index (χ1v) is 6.63. The lowest BCUT2D eigenvalue weighted by Gasteiger charge is -2.24. The Kier molecular flexibility index (Phi) is 6.94. The number of hydrogen-bond acceptors (Lipinski definition) is 3. The van der Waals surface area contributed by atoms with Gasteiger partial charge in [-0.2, -0.15) is 0 Å². The first kappa shape index (κ1) is 15.2. The van der Waals surface area contributed by atoms with Crippen molar-refractivity contribution in [1.82, 2.24) is 4.90 Å². The molecular formula is C15H25NO2. The van der Waals surface area contributed by atoms with Crippen LogP contribution in [0.15, 0.2) is 24.3 Å². The molecule has 0 aromatic heterocycles. The zero-order chi connectivity index (χ0) is 13.4. The Balaban J connectivity index is 2.49. The van der Waals surface area contributed by atoms with Gasteiger partial charge in [0, 0.05) is 26.3 Å². The first-order valence-electron chi connectivity index (χ1n) is 6.63. The topological polar surface area (TPSA) is 21.7 Å². The van der Waals surface area contributed by atoms with Gasteiger partial charge in [-0.1, -0.05) is 24.3 Å². The summed E-state index contributed by atoms with van der Waals surface area (Å²) < 4.78 is 11.1. The molecule has 102 valence electrons. The van der Waals surface area contributed by atoms with Gasteiger partial charge in [0.2, 0.25) is 0 Å². The van der Waals surface area contributed by atoms with Gasteiger partial charge < -0.3 is 9.47 Å². The normalized spacial score (nSPS) is 11.4. The molecule has 3 heteroatoms. The number of rotatable bonds is 8. The van der Waals surface area contributed by atoms with Crippen LogP contribution in [0.25, 0.3) is 0 Å². The van der Waals surface area contributed by atoms with Gasteiger partial charge in [0.25, 0.3) is 0 Å². The molecule has 0 aliphatic rings. The van der Waals surface area contributed by atoms with Crippen LogP contribution in [0.3, 0.4) is 0 Å². The number of aryl methyl sites for hydroxylation is 1. The average molecular weight is 251 g/mol. The van der Waals surface area contributed by atoms with E-state index in [-0.39, 0.29) is 6.29 Å². The van der Waals surface area contributed by atoms with Gasteiger partial charge in [0.15, 0.2) is 6.29 Å². The standard InChI is InChI=1S/C15H25NO2/c1-5-17-15(18-6-2)12-16(4)11-14-10-8-7-9-13(14)3/h7-10,15H,5-6,11-12H2,1-4H3. The van der Waals surface area contributed by atoms with E-state index in [9.17, 15) is 0 Å². The van der Waals surface area contributed by atoms with Crippen molar-refractivity contribution in [2.45, 2.75) is 33.6 Å². The van der Waals surface area contributed by atoms with Crippen LogP contribution in [0.4, 0.5) is 0 Å². The Morgan fingerprint density at radius 2 is 1.72 bits per heavy atom. The fraction of sp³-hybridized carbons (Fsp3) is 0.600. The minimum absolute atomic E-state index is 0.131. The van der Waals surface area contributed by atoms with E-state index < -0.39 is 0 Å². The van der Waals surface area contributed by atoms with Gasteiger partial charge in [-0.05, 0) is 38.9 Å². The Hall–Kier alpha value is -0.900. The van der Waals surface area contributed by atoms with E-state index in [0.29, 0.717) is 13.2 Å². The largest absolute Gasteiger partial charge is 0.352 e. The fourth-order valence-corrected chi connectivity index (χ4v) is 1.92. The van der Waals surface area contributed by atoms with E-state index >= 15 is 0 Å². The molecule has 0 atom stereocenters. The Labute approximate surface area is 111 Å². The molecule has 0 aliphatic heterocycles. The van der Waals surface area contributed by atoms with Crippen LogP contribution < -0.4 is 0 Å². The van der Waals surface area contributed by atoms with Crippen molar-refractivity contribution in [2.24, 2.45) is 0 Å². The molecule has 18 heavy (non-hydrogen) atoms. The second-order valence-electron chi connectivity index (χ2n) is 4.46. The quantitative estimate of drug-likeness (QED) is 0.663. The second-order valence-corrected chi connectivity index (χ2v) is 4.46. The second kappa shape index (κ2) is 8.25. The Morgan fingerprint density at radius 1 is 1.11 bits per heavy atom. The van der Waals surface area contributed by atoms with Crippen molar-refractivity contribution in [3.8, 4) is 0 Å². The highest BCUT2D eigenvalue weighted by molar-refractivity contribution is 5.25. The molecule has 0 bridgehead atoms. The van der Waals surface area contributed by atoms with Gasteiger partial charge in [0.05, 0.1) is 0 Å². The summed E-state index contributed by atoms with van der Waals surface area (Å²) in [5.41, 5.74) is 2.68.